The lowest BCUT2D eigenvalue weighted by atomic mass is 9.98. The van der Waals surface area contributed by atoms with E-state index in [0.717, 1.165) is 10.4 Å². The standard InChI is InChI=1S/C21H22Cl2N2O4S/c1-11-5-8-30-20(11)16-15(18(27)21(28)25(16)7-6-24(2)3)17(26)13-9-12(22)10-14(23)19(13)29-4/h5,8-10,16,26H,6-7H2,1-4H3/b17-15+. The average molecular weight is 469 g/mol. The van der Waals surface area contributed by atoms with E-state index in [2.05, 4.69) is 0 Å². The summed E-state index contributed by atoms with van der Waals surface area (Å²) in [5.41, 5.74) is 1.10. The maximum Gasteiger partial charge on any atom is 0.295 e. The van der Waals surface area contributed by atoms with Gasteiger partial charge in [0, 0.05) is 23.0 Å². The number of nitrogens with zero attached hydrogens (tertiary/aromatic N) is 2. The number of rotatable bonds is 6. The monoisotopic (exact) mass is 468 g/mol. The van der Waals surface area contributed by atoms with Gasteiger partial charge in [-0.15, -0.1) is 11.3 Å². The molecule has 3 rings (SSSR count). The smallest absolute Gasteiger partial charge is 0.295 e. The Balaban J connectivity index is 2.24. The Kier molecular flexibility index (Phi) is 6.77. The zero-order chi connectivity index (χ0) is 22.2. The lowest BCUT2D eigenvalue weighted by Crippen LogP contribution is -2.35. The third-order valence-corrected chi connectivity index (χ3v) is 6.52. The van der Waals surface area contributed by atoms with Gasteiger partial charge in [0.2, 0.25) is 0 Å². The zero-order valence-corrected chi connectivity index (χ0v) is 19.4. The second-order valence-electron chi connectivity index (χ2n) is 7.23. The molecule has 30 heavy (non-hydrogen) atoms. The summed E-state index contributed by atoms with van der Waals surface area (Å²) >= 11 is 13.8. The van der Waals surface area contributed by atoms with Crippen LogP contribution in [0.25, 0.3) is 5.76 Å². The number of halogens is 2. The highest BCUT2D eigenvalue weighted by atomic mass is 35.5. The molecule has 1 aliphatic rings. The third kappa shape index (κ3) is 4.07. The quantitative estimate of drug-likeness (QED) is 0.387. The van der Waals surface area contributed by atoms with Crippen LogP contribution in [0.2, 0.25) is 10.0 Å². The van der Waals surface area contributed by atoms with E-state index in [-0.39, 0.29) is 32.7 Å². The number of aliphatic hydroxyl groups is 1. The van der Waals surface area contributed by atoms with Gasteiger partial charge in [0.05, 0.1) is 29.3 Å². The fourth-order valence-corrected chi connectivity index (χ4v) is 5.06. The summed E-state index contributed by atoms with van der Waals surface area (Å²) in [6, 6.07) is 4.16. The first-order chi connectivity index (χ1) is 14.2. The van der Waals surface area contributed by atoms with E-state index in [0.29, 0.717) is 13.1 Å². The number of Topliss-reactive ketones (excluding diaryl/α,β-unsaturated/α-hetero) is 1. The summed E-state index contributed by atoms with van der Waals surface area (Å²) in [6.45, 7) is 2.82. The largest absolute Gasteiger partial charge is 0.507 e. The number of likely N-dealkylation sites (tertiary alicyclic amines) is 1. The summed E-state index contributed by atoms with van der Waals surface area (Å²) in [7, 11) is 5.18. The highest BCUT2D eigenvalue weighted by Gasteiger charge is 2.47. The second-order valence-corrected chi connectivity index (χ2v) is 9.02. The first kappa shape index (κ1) is 22.6. The summed E-state index contributed by atoms with van der Waals surface area (Å²) in [5, 5.41) is 13.6. The SMILES string of the molecule is COc1c(Cl)cc(Cl)cc1/C(O)=C1\C(=O)C(=O)N(CCN(C)C)C1c1sccc1C. The Hall–Kier alpha value is -2.06. The Morgan fingerprint density at radius 3 is 2.57 bits per heavy atom. The Morgan fingerprint density at radius 1 is 1.30 bits per heavy atom. The van der Waals surface area contributed by atoms with Crippen molar-refractivity contribution in [3.63, 3.8) is 0 Å². The third-order valence-electron chi connectivity index (χ3n) is 4.95. The number of aryl methyl sites for hydroxylation is 1. The van der Waals surface area contributed by atoms with Gasteiger partial charge in [-0.25, -0.2) is 0 Å². The van der Waals surface area contributed by atoms with Crippen LogP contribution in [0.3, 0.4) is 0 Å². The number of hydrogen-bond donors (Lipinski definition) is 1. The predicted octanol–water partition coefficient (Wildman–Crippen LogP) is 4.36. The van der Waals surface area contributed by atoms with E-state index in [4.69, 9.17) is 27.9 Å². The fourth-order valence-electron chi connectivity index (χ4n) is 3.44. The molecule has 2 heterocycles. The molecule has 160 valence electrons. The number of ether oxygens (including phenoxy) is 1. The van der Waals surface area contributed by atoms with Crippen LogP contribution in [-0.2, 0) is 9.59 Å². The molecule has 1 atom stereocenters. The van der Waals surface area contributed by atoms with Crippen LogP contribution in [0.15, 0.2) is 29.2 Å². The minimum Gasteiger partial charge on any atom is -0.507 e. The molecule has 9 heteroatoms. The lowest BCUT2D eigenvalue weighted by Gasteiger charge is -2.26. The van der Waals surface area contributed by atoms with Gasteiger partial charge in [-0.3, -0.25) is 9.59 Å². The van der Waals surface area contributed by atoms with Crippen LogP contribution in [0, 0.1) is 6.92 Å². The zero-order valence-electron chi connectivity index (χ0n) is 17.0. The van der Waals surface area contributed by atoms with Gasteiger partial charge >= 0.3 is 0 Å². The number of carbonyl (C=O) groups excluding carboxylic acids is 2. The molecule has 1 aromatic heterocycles. The molecule has 0 bridgehead atoms. The number of methoxy groups -OCH3 is 1. The molecule has 6 nitrogen and oxygen atoms in total. The summed E-state index contributed by atoms with van der Waals surface area (Å²) < 4.78 is 5.33. The topological polar surface area (TPSA) is 70.1 Å². The van der Waals surface area contributed by atoms with Crippen LogP contribution >= 0.6 is 34.5 Å². The van der Waals surface area contributed by atoms with Crippen molar-refractivity contribution in [2.24, 2.45) is 0 Å². The molecular weight excluding hydrogens is 447 g/mol. The van der Waals surface area contributed by atoms with Crippen LogP contribution in [0.4, 0.5) is 0 Å². The summed E-state index contributed by atoms with van der Waals surface area (Å²) in [6.07, 6.45) is 0. The molecule has 1 amide bonds. The highest BCUT2D eigenvalue weighted by Crippen LogP contribution is 2.45. The molecule has 1 saturated heterocycles. The molecule has 1 fully saturated rings. The van der Waals surface area contributed by atoms with E-state index in [1.807, 2.05) is 37.4 Å². The minimum absolute atomic E-state index is 0.000870. The molecule has 1 N–H and O–H groups in total. The van der Waals surface area contributed by atoms with E-state index < -0.39 is 17.7 Å². The molecule has 1 unspecified atom stereocenters. The van der Waals surface area contributed by atoms with Crippen LogP contribution in [0.5, 0.6) is 5.75 Å². The normalized spacial score (nSPS) is 18.5. The number of benzene rings is 1. The molecule has 0 saturated carbocycles. The van der Waals surface area contributed by atoms with Gasteiger partial charge in [0.25, 0.3) is 11.7 Å². The van der Waals surface area contributed by atoms with Gasteiger partial charge in [-0.2, -0.15) is 0 Å². The molecule has 1 aromatic carbocycles. The van der Waals surface area contributed by atoms with Gasteiger partial charge < -0.3 is 19.6 Å². The first-order valence-electron chi connectivity index (χ1n) is 9.17. The van der Waals surface area contributed by atoms with Crippen molar-refractivity contribution < 1.29 is 19.4 Å². The number of thiophene rings is 1. The van der Waals surface area contributed by atoms with Crippen molar-refractivity contribution >= 4 is 52.0 Å². The summed E-state index contributed by atoms with van der Waals surface area (Å²) in [5.74, 6) is -1.58. The number of amides is 1. The van der Waals surface area contributed by atoms with E-state index in [1.54, 1.807) is 0 Å². The van der Waals surface area contributed by atoms with Gasteiger partial charge in [0.15, 0.2) is 0 Å². The Labute approximate surface area is 189 Å². The van der Waals surface area contributed by atoms with E-state index in [1.165, 1.54) is 35.5 Å². The van der Waals surface area contributed by atoms with E-state index in [9.17, 15) is 14.7 Å². The average Bonchev–Trinajstić information content (AvgIpc) is 3.20. The number of ketones is 1. The van der Waals surface area contributed by atoms with Crippen molar-refractivity contribution in [1.82, 2.24) is 9.80 Å². The Bertz CT molecular complexity index is 1030. The van der Waals surface area contributed by atoms with Crippen molar-refractivity contribution in [2.45, 2.75) is 13.0 Å². The summed E-state index contributed by atoms with van der Waals surface area (Å²) in [4.78, 5) is 30.2. The van der Waals surface area contributed by atoms with Crippen molar-refractivity contribution in [2.75, 3.05) is 34.3 Å². The molecule has 2 aromatic rings. The molecule has 1 aliphatic heterocycles. The number of hydrogen-bond acceptors (Lipinski definition) is 6. The van der Waals surface area contributed by atoms with Crippen molar-refractivity contribution in [1.29, 1.82) is 0 Å². The number of likely N-dealkylation sites (N-methyl/N-ethyl adjacent to an activating group) is 1. The van der Waals surface area contributed by atoms with Gasteiger partial charge in [0.1, 0.15) is 11.5 Å². The van der Waals surface area contributed by atoms with Crippen molar-refractivity contribution in [3.05, 3.63) is 55.2 Å². The Morgan fingerprint density at radius 2 is 2.00 bits per heavy atom. The van der Waals surface area contributed by atoms with E-state index >= 15 is 0 Å². The van der Waals surface area contributed by atoms with Crippen LogP contribution in [0.1, 0.15) is 22.0 Å². The second kappa shape index (κ2) is 8.98. The fraction of sp³-hybridized carbons (Fsp3) is 0.333. The lowest BCUT2D eigenvalue weighted by molar-refractivity contribution is -0.140. The minimum atomic E-state index is -0.748. The highest BCUT2D eigenvalue weighted by molar-refractivity contribution is 7.10. The van der Waals surface area contributed by atoms with Gasteiger partial charge in [-0.1, -0.05) is 23.2 Å². The maximum absolute atomic E-state index is 13.0. The first-order valence-corrected chi connectivity index (χ1v) is 10.8. The molecule has 0 spiro atoms. The molecular formula is C21H22Cl2N2O4S. The van der Waals surface area contributed by atoms with Crippen LogP contribution in [-0.4, -0.2) is 60.9 Å². The molecule has 0 radical (unpaired) electrons. The number of carbonyl (C=O) groups is 2. The maximum atomic E-state index is 13.0. The van der Waals surface area contributed by atoms with Gasteiger partial charge in [-0.05, 0) is 50.2 Å². The van der Waals surface area contributed by atoms with Crippen LogP contribution < -0.4 is 4.74 Å². The molecule has 0 aliphatic carbocycles. The number of aliphatic hydroxyl groups excluding tert-OH is 1. The predicted molar refractivity (Wildman–Crippen MR) is 120 cm³/mol. The van der Waals surface area contributed by atoms with Crippen molar-refractivity contribution in [3.8, 4) is 5.75 Å².